The van der Waals surface area contributed by atoms with Crippen LogP contribution in [0.2, 0.25) is 5.28 Å². The van der Waals surface area contributed by atoms with Crippen LogP contribution in [0.4, 0.5) is 11.9 Å². The molecule has 5 nitrogen and oxygen atoms in total. The van der Waals surface area contributed by atoms with Gasteiger partial charge in [0.25, 0.3) is 0 Å². The zero-order valence-corrected chi connectivity index (χ0v) is 11.5. The van der Waals surface area contributed by atoms with E-state index in [1.165, 1.54) is 0 Å². The van der Waals surface area contributed by atoms with E-state index in [1.807, 2.05) is 30.3 Å². The van der Waals surface area contributed by atoms with E-state index in [0.717, 1.165) is 18.5 Å². The number of halogens is 1. The fourth-order valence-corrected chi connectivity index (χ4v) is 1.68. The van der Waals surface area contributed by atoms with Crippen molar-refractivity contribution in [3.63, 3.8) is 0 Å². The van der Waals surface area contributed by atoms with Gasteiger partial charge in [0.15, 0.2) is 0 Å². The third kappa shape index (κ3) is 4.37. The average Bonchev–Trinajstić information content (AvgIpc) is 2.43. The van der Waals surface area contributed by atoms with Gasteiger partial charge < -0.3 is 10.6 Å². The third-order valence-corrected chi connectivity index (χ3v) is 2.60. The maximum Gasteiger partial charge on any atom is 0.229 e. The summed E-state index contributed by atoms with van der Waals surface area (Å²) in [7, 11) is 0. The van der Waals surface area contributed by atoms with Gasteiger partial charge in [-0.2, -0.15) is 15.0 Å². The number of nitrogens with one attached hydrogen (secondary N) is 2. The first-order chi connectivity index (χ1) is 9.28. The molecule has 1 aromatic carbocycles. The first-order valence-corrected chi connectivity index (χ1v) is 6.59. The second-order valence-corrected chi connectivity index (χ2v) is 4.36. The van der Waals surface area contributed by atoms with Gasteiger partial charge in [-0.05, 0) is 23.6 Å². The first kappa shape index (κ1) is 13.5. The van der Waals surface area contributed by atoms with Crippen LogP contribution in [0.25, 0.3) is 0 Å². The highest BCUT2D eigenvalue weighted by atomic mass is 35.5. The quantitative estimate of drug-likeness (QED) is 0.850. The summed E-state index contributed by atoms with van der Waals surface area (Å²) >= 11 is 5.87. The summed E-state index contributed by atoms with van der Waals surface area (Å²) in [4.78, 5) is 12.3. The number of hydrogen-bond donors (Lipinski definition) is 2. The number of hydrogen-bond acceptors (Lipinski definition) is 5. The predicted molar refractivity (Wildman–Crippen MR) is 77.4 cm³/mol. The summed E-state index contributed by atoms with van der Waals surface area (Å²) in [6.07, 6.45) is 0.996. The predicted octanol–water partition coefficient (Wildman–Crippen LogP) is 2.96. The highest BCUT2D eigenvalue weighted by Gasteiger charge is 2.04. The molecule has 2 N–H and O–H groups in total. The molecule has 0 aliphatic rings. The molecule has 2 aromatic rings. The fraction of sp³-hybridized carbons (Fsp3) is 0.308. The molecule has 2 rings (SSSR count). The van der Waals surface area contributed by atoms with Crippen LogP contribution < -0.4 is 10.6 Å². The molecular weight excluding hydrogens is 262 g/mol. The van der Waals surface area contributed by atoms with Gasteiger partial charge in [0.05, 0.1) is 0 Å². The lowest BCUT2D eigenvalue weighted by atomic mass is 10.2. The van der Waals surface area contributed by atoms with Crippen LogP contribution >= 0.6 is 11.6 Å². The molecule has 0 atom stereocenters. The van der Waals surface area contributed by atoms with Crippen LogP contribution in [-0.2, 0) is 6.54 Å². The minimum absolute atomic E-state index is 0.184. The third-order valence-electron chi connectivity index (χ3n) is 2.43. The molecule has 0 spiro atoms. The molecule has 6 heteroatoms. The Hall–Kier alpha value is -1.88. The molecule has 0 amide bonds. The molecule has 0 saturated carbocycles. The van der Waals surface area contributed by atoms with E-state index >= 15 is 0 Å². The van der Waals surface area contributed by atoms with Gasteiger partial charge in [-0.1, -0.05) is 37.3 Å². The largest absolute Gasteiger partial charge is 0.354 e. The summed E-state index contributed by atoms with van der Waals surface area (Å²) < 4.78 is 0. The van der Waals surface area contributed by atoms with Gasteiger partial charge in [-0.15, -0.1) is 0 Å². The van der Waals surface area contributed by atoms with E-state index in [4.69, 9.17) is 11.6 Å². The Bertz CT molecular complexity index is 518. The summed E-state index contributed by atoms with van der Waals surface area (Å²) in [5.41, 5.74) is 1.15. The Morgan fingerprint density at radius 3 is 2.37 bits per heavy atom. The number of rotatable bonds is 6. The minimum Gasteiger partial charge on any atom is -0.354 e. The normalized spacial score (nSPS) is 10.2. The summed E-state index contributed by atoms with van der Waals surface area (Å²) in [5.74, 6) is 0.972. The van der Waals surface area contributed by atoms with Crippen molar-refractivity contribution in [2.45, 2.75) is 19.9 Å². The lowest BCUT2D eigenvalue weighted by Crippen LogP contribution is -2.09. The SMILES string of the molecule is CCCNc1nc(Cl)nc(NCc2ccccc2)n1. The zero-order valence-electron chi connectivity index (χ0n) is 10.7. The lowest BCUT2D eigenvalue weighted by Gasteiger charge is -2.07. The second-order valence-electron chi connectivity index (χ2n) is 4.02. The minimum atomic E-state index is 0.184. The highest BCUT2D eigenvalue weighted by Crippen LogP contribution is 2.10. The number of benzene rings is 1. The number of nitrogens with zero attached hydrogens (tertiary/aromatic N) is 3. The Morgan fingerprint density at radius 2 is 1.68 bits per heavy atom. The molecular formula is C13H16ClN5. The molecule has 0 fully saturated rings. The van der Waals surface area contributed by atoms with Crippen LogP contribution in [-0.4, -0.2) is 21.5 Å². The molecule has 0 saturated heterocycles. The molecule has 1 heterocycles. The maximum atomic E-state index is 5.87. The zero-order chi connectivity index (χ0) is 13.5. The molecule has 0 bridgehead atoms. The number of aromatic nitrogens is 3. The Labute approximate surface area is 117 Å². The molecule has 19 heavy (non-hydrogen) atoms. The van der Waals surface area contributed by atoms with Crippen LogP contribution in [0.5, 0.6) is 0 Å². The molecule has 100 valence electrons. The van der Waals surface area contributed by atoms with Gasteiger partial charge in [0.1, 0.15) is 0 Å². The van der Waals surface area contributed by atoms with Gasteiger partial charge >= 0.3 is 0 Å². The van der Waals surface area contributed by atoms with Crippen LogP contribution in [0.3, 0.4) is 0 Å². The monoisotopic (exact) mass is 277 g/mol. The highest BCUT2D eigenvalue weighted by molar-refractivity contribution is 6.28. The van der Waals surface area contributed by atoms with Crippen LogP contribution in [0, 0.1) is 0 Å². The van der Waals surface area contributed by atoms with Crippen LogP contribution in [0.1, 0.15) is 18.9 Å². The van der Waals surface area contributed by atoms with E-state index in [0.29, 0.717) is 18.4 Å². The molecule has 0 unspecified atom stereocenters. The van der Waals surface area contributed by atoms with Crippen molar-refractivity contribution in [2.24, 2.45) is 0 Å². The lowest BCUT2D eigenvalue weighted by molar-refractivity contribution is 0.932. The average molecular weight is 278 g/mol. The van der Waals surface area contributed by atoms with E-state index < -0.39 is 0 Å². The van der Waals surface area contributed by atoms with Crippen molar-refractivity contribution in [3.05, 3.63) is 41.2 Å². The van der Waals surface area contributed by atoms with Crippen molar-refractivity contribution in [3.8, 4) is 0 Å². The number of anilines is 2. The maximum absolute atomic E-state index is 5.87. The smallest absolute Gasteiger partial charge is 0.229 e. The molecule has 0 aliphatic heterocycles. The Kier molecular flexibility index (Phi) is 4.92. The summed E-state index contributed by atoms with van der Waals surface area (Å²) in [6.45, 7) is 3.53. The van der Waals surface area contributed by atoms with Crippen molar-refractivity contribution >= 4 is 23.5 Å². The Morgan fingerprint density at radius 1 is 1.00 bits per heavy atom. The first-order valence-electron chi connectivity index (χ1n) is 6.21. The van der Waals surface area contributed by atoms with Crippen LogP contribution in [0.15, 0.2) is 30.3 Å². The molecule has 0 radical (unpaired) electrons. The Balaban J connectivity index is 2.01. The topological polar surface area (TPSA) is 62.7 Å². The van der Waals surface area contributed by atoms with Gasteiger partial charge in [-0.25, -0.2) is 0 Å². The van der Waals surface area contributed by atoms with E-state index in [9.17, 15) is 0 Å². The van der Waals surface area contributed by atoms with Crippen molar-refractivity contribution in [1.82, 2.24) is 15.0 Å². The fourth-order valence-electron chi connectivity index (χ4n) is 1.52. The molecule has 1 aromatic heterocycles. The van der Waals surface area contributed by atoms with E-state index in [-0.39, 0.29) is 5.28 Å². The van der Waals surface area contributed by atoms with E-state index in [2.05, 4.69) is 32.5 Å². The molecule has 0 aliphatic carbocycles. The van der Waals surface area contributed by atoms with Crippen molar-refractivity contribution < 1.29 is 0 Å². The van der Waals surface area contributed by atoms with Gasteiger partial charge in [0.2, 0.25) is 17.2 Å². The van der Waals surface area contributed by atoms with E-state index in [1.54, 1.807) is 0 Å². The van der Waals surface area contributed by atoms with Gasteiger partial charge in [-0.3, -0.25) is 0 Å². The summed E-state index contributed by atoms with van der Waals surface area (Å²) in [5, 5.41) is 6.40. The van der Waals surface area contributed by atoms with Crippen molar-refractivity contribution in [1.29, 1.82) is 0 Å². The van der Waals surface area contributed by atoms with Crippen molar-refractivity contribution in [2.75, 3.05) is 17.2 Å². The summed E-state index contributed by atoms with van der Waals surface area (Å²) in [6, 6.07) is 10.0. The standard InChI is InChI=1S/C13H16ClN5/c1-2-8-15-12-17-11(14)18-13(19-12)16-9-10-6-4-3-5-7-10/h3-7H,2,8-9H2,1H3,(H2,15,16,17,18,19). The second kappa shape index (κ2) is 6.89. The van der Waals surface area contributed by atoms with Gasteiger partial charge in [0, 0.05) is 13.1 Å².